The fraction of sp³-hybridized carbons (Fsp3) is 0.923. The lowest BCUT2D eigenvalue weighted by Gasteiger charge is -2.35. The van der Waals surface area contributed by atoms with Gasteiger partial charge in [0.2, 0.25) is 0 Å². The van der Waals surface area contributed by atoms with Crippen LogP contribution in [-0.2, 0) is 4.74 Å². The van der Waals surface area contributed by atoms with Crippen LogP contribution in [0.2, 0.25) is 0 Å². The van der Waals surface area contributed by atoms with Gasteiger partial charge in [-0.3, -0.25) is 4.99 Å². The number of rotatable bonds is 3. The zero-order chi connectivity index (χ0) is 13.0. The molecule has 2 aliphatic rings. The molecule has 0 aromatic carbocycles. The number of hydrogen-bond donors (Lipinski definition) is 1. The Morgan fingerprint density at radius 2 is 2.44 bits per heavy atom. The molecule has 0 aromatic heterocycles. The Morgan fingerprint density at radius 1 is 1.61 bits per heavy atom. The summed E-state index contributed by atoms with van der Waals surface area (Å²) in [6, 6.07) is 0. The minimum Gasteiger partial charge on any atom is -0.374 e. The van der Waals surface area contributed by atoms with E-state index in [9.17, 15) is 0 Å². The maximum atomic E-state index is 5.73. The minimum atomic E-state index is 0.230. The van der Waals surface area contributed by atoms with Crippen molar-refractivity contribution in [2.24, 2.45) is 4.99 Å². The summed E-state index contributed by atoms with van der Waals surface area (Å²) in [6.07, 6.45) is 2.62. The minimum absolute atomic E-state index is 0.230. The van der Waals surface area contributed by atoms with Gasteiger partial charge in [-0.05, 0) is 26.8 Å². The van der Waals surface area contributed by atoms with E-state index in [4.69, 9.17) is 9.73 Å². The lowest BCUT2D eigenvalue weighted by Crippen LogP contribution is -2.48. The summed E-state index contributed by atoms with van der Waals surface area (Å²) < 4.78 is 5.73. The molecular weight excluding hydrogens is 246 g/mol. The van der Waals surface area contributed by atoms with Crippen LogP contribution in [0, 0.1) is 0 Å². The molecule has 2 fully saturated rings. The van der Waals surface area contributed by atoms with Crippen molar-refractivity contribution in [3.8, 4) is 0 Å². The molecule has 0 amide bonds. The van der Waals surface area contributed by atoms with E-state index in [1.54, 1.807) is 0 Å². The highest BCUT2D eigenvalue weighted by Gasteiger charge is 2.27. The first-order chi connectivity index (χ1) is 8.61. The van der Waals surface area contributed by atoms with E-state index in [0.717, 1.165) is 37.8 Å². The van der Waals surface area contributed by atoms with Crippen LogP contribution in [0.5, 0.6) is 0 Å². The van der Waals surface area contributed by atoms with E-state index >= 15 is 0 Å². The van der Waals surface area contributed by atoms with Crippen LogP contribution in [0.1, 0.15) is 26.7 Å². The van der Waals surface area contributed by atoms with Gasteiger partial charge in [0.05, 0.1) is 19.3 Å². The van der Waals surface area contributed by atoms with Crippen LogP contribution in [0.15, 0.2) is 4.99 Å². The van der Waals surface area contributed by atoms with Crippen LogP contribution in [-0.4, -0.2) is 60.8 Å². The van der Waals surface area contributed by atoms with E-state index in [-0.39, 0.29) is 11.6 Å². The molecule has 2 rings (SSSR count). The Labute approximate surface area is 115 Å². The maximum Gasteiger partial charge on any atom is 0.157 e. The van der Waals surface area contributed by atoms with Crippen molar-refractivity contribution in [2.45, 2.75) is 38.3 Å². The Balaban J connectivity index is 1.85. The van der Waals surface area contributed by atoms with Gasteiger partial charge in [-0.1, -0.05) is 18.7 Å². The molecule has 0 aromatic rings. The van der Waals surface area contributed by atoms with Crippen LogP contribution >= 0.6 is 11.8 Å². The molecule has 0 radical (unpaired) electrons. The van der Waals surface area contributed by atoms with Gasteiger partial charge in [-0.15, -0.1) is 0 Å². The SMILES string of the molecule is CCC1(C)CCSC(=NCC2CN(C)CCO2)N1. The second-order valence-electron chi connectivity index (χ2n) is 5.54. The normalized spacial score (nSPS) is 36.6. The smallest absolute Gasteiger partial charge is 0.157 e. The van der Waals surface area contributed by atoms with Gasteiger partial charge in [0.25, 0.3) is 0 Å². The van der Waals surface area contributed by atoms with Gasteiger partial charge in [0, 0.05) is 24.4 Å². The maximum absolute atomic E-state index is 5.73. The lowest BCUT2D eigenvalue weighted by molar-refractivity contribution is -0.0136. The first-order valence-electron chi connectivity index (χ1n) is 6.87. The zero-order valence-corrected chi connectivity index (χ0v) is 12.6. The molecule has 0 bridgehead atoms. The van der Waals surface area contributed by atoms with E-state index in [1.807, 2.05) is 11.8 Å². The fourth-order valence-corrected chi connectivity index (χ4v) is 3.47. The van der Waals surface area contributed by atoms with Gasteiger partial charge >= 0.3 is 0 Å². The summed E-state index contributed by atoms with van der Waals surface area (Å²) in [5, 5.41) is 4.67. The zero-order valence-electron chi connectivity index (χ0n) is 11.7. The van der Waals surface area contributed by atoms with Crippen molar-refractivity contribution in [3.63, 3.8) is 0 Å². The average Bonchev–Trinajstić information content (AvgIpc) is 2.37. The third-order valence-corrected chi connectivity index (χ3v) is 4.77. The van der Waals surface area contributed by atoms with Gasteiger partial charge < -0.3 is 15.0 Å². The number of ether oxygens (including phenoxy) is 1. The first-order valence-corrected chi connectivity index (χ1v) is 7.85. The van der Waals surface area contributed by atoms with Gasteiger partial charge in [0.1, 0.15) is 0 Å². The van der Waals surface area contributed by atoms with Crippen molar-refractivity contribution in [2.75, 3.05) is 39.0 Å². The van der Waals surface area contributed by atoms with Gasteiger partial charge in [-0.25, -0.2) is 0 Å². The number of morpholine rings is 1. The molecule has 5 heteroatoms. The fourth-order valence-electron chi connectivity index (χ4n) is 2.24. The Morgan fingerprint density at radius 3 is 3.17 bits per heavy atom. The molecule has 4 nitrogen and oxygen atoms in total. The van der Waals surface area contributed by atoms with Crippen molar-refractivity contribution < 1.29 is 4.74 Å². The summed E-state index contributed by atoms with van der Waals surface area (Å²) in [5.41, 5.74) is 0.230. The molecule has 2 atom stereocenters. The monoisotopic (exact) mass is 271 g/mol. The third kappa shape index (κ3) is 3.87. The number of aliphatic imine (C=N–C) groups is 1. The molecule has 18 heavy (non-hydrogen) atoms. The summed E-state index contributed by atoms with van der Waals surface area (Å²) in [6.45, 7) is 8.16. The average molecular weight is 271 g/mol. The molecule has 1 N–H and O–H groups in total. The molecule has 2 unspecified atom stereocenters. The summed E-state index contributed by atoms with van der Waals surface area (Å²) in [7, 11) is 2.14. The van der Waals surface area contributed by atoms with E-state index < -0.39 is 0 Å². The largest absolute Gasteiger partial charge is 0.374 e. The van der Waals surface area contributed by atoms with Crippen molar-refractivity contribution in [1.82, 2.24) is 10.2 Å². The Bertz CT molecular complexity index is 311. The highest BCUT2D eigenvalue weighted by molar-refractivity contribution is 8.13. The molecule has 2 aliphatic heterocycles. The summed E-state index contributed by atoms with van der Waals surface area (Å²) >= 11 is 1.84. The summed E-state index contributed by atoms with van der Waals surface area (Å²) in [4.78, 5) is 7.01. The first kappa shape index (κ1) is 14.2. The molecule has 0 saturated carbocycles. The number of hydrogen-bond acceptors (Lipinski definition) is 4. The van der Waals surface area contributed by atoms with Crippen LogP contribution in [0.25, 0.3) is 0 Å². The second kappa shape index (κ2) is 6.26. The third-order valence-electron chi connectivity index (χ3n) is 3.86. The second-order valence-corrected chi connectivity index (χ2v) is 6.62. The number of nitrogens with one attached hydrogen (secondary N) is 1. The van der Waals surface area contributed by atoms with Crippen LogP contribution in [0.3, 0.4) is 0 Å². The predicted octanol–water partition coefficient (Wildman–Crippen LogP) is 1.57. The standard InChI is InChI=1S/C13H25N3OS/c1-4-13(2)5-8-18-12(15-13)14-9-11-10-16(3)6-7-17-11/h11H,4-10H2,1-3H3,(H,14,15). The highest BCUT2D eigenvalue weighted by atomic mass is 32.2. The van der Waals surface area contributed by atoms with Crippen molar-refractivity contribution >= 4 is 16.9 Å². The quantitative estimate of drug-likeness (QED) is 0.845. The Kier molecular flexibility index (Phi) is 4.92. The van der Waals surface area contributed by atoms with Crippen LogP contribution < -0.4 is 5.32 Å². The number of thioether (sulfide) groups is 1. The lowest BCUT2D eigenvalue weighted by atomic mass is 9.96. The molecule has 0 aliphatic carbocycles. The van der Waals surface area contributed by atoms with Crippen LogP contribution in [0.4, 0.5) is 0 Å². The van der Waals surface area contributed by atoms with E-state index in [2.05, 4.69) is 31.1 Å². The van der Waals surface area contributed by atoms with Gasteiger partial charge in [-0.2, -0.15) is 0 Å². The topological polar surface area (TPSA) is 36.9 Å². The predicted molar refractivity (Wildman–Crippen MR) is 78.4 cm³/mol. The van der Waals surface area contributed by atoms with E-state index in [0.29, 0.717) is 0 Å². The Hall–Kier alpha value is -0.260. The highest BCUT2D eigenvalue weighted by Crippen LogP contribution is 2.24. The summed E-state index contributed by atoms with van der Waals surface area (Å²) in [5.74, 6) is 1.17. The molecular formula is C13H25N3OS. The molecule has 104 valence electrons. The van der Waals surface area contributed by atoms with E-state index in [1.165, 1.54) is 12.2 Å². The number of amidine groups is 1. The molecule has 2 heterocycles. The molecule has 2 saturated heterocycles. The number of likely N-dealkylation sites (N-methyl/N-ethyl adjacent to an activating group) is 1. The van der Waals surface area contributed by atoms with Crippen molar-refractivity contribution in [3.05, 3.63) is 0 Å². The van der Waals surface area contributed by atoms with Crippen molar-refractivity contribution in [1.29, 1.82) is 0 Å². The molecule has 0 spiro atoms. The number of nitrogens with zero attached hydrogens (tertiary/aromatic N) is 2. The van der Waals surface area contributed by atoms with Gasteiger partial charge in [0.15, 0.2) is 5.17 Å².